The van der Waals surface area contributed by atoms with Gasteiger partial charge in [-0.15, -0.1) is 0 Å². The van der Waals surface area contributed by atoms with Crippen molar-refractivity contribution in [2.75, 3.05) is 13.7 Å². The summed E-state index contributed by atoms with van der Waals surface area (Å²) < 4.78 is 4.38. The molecule has 0 aliphatic carbocycles. The lowest BCUT2D eigenvalue weighted by Crippen LogP contribution is -2.37. The van der Waals surface area contributed by atoms with E-state index in [1.165, 1.54) is 7.11 Å². The lowest BCUT2D eigenvalue weighted by atomic mass is 10.1. The van der Waals surface area contributed by atoms with Crippen molar-refractivity contribution in [1.82, 2.24) is 10.3 Å². The highest BCUT2D eigenvalue weighted by Crippen LogP contribution is 2.21. The number of hydrogen-bond donors (Lipinski definition) is 3. The number of H-pyrrole nitrogens is 1. The fraction of sp³-hybridized carbons (Fsp3) is 0.286. The van der Waals surface area contributed by atoms with Gasteiger partial charge in [0.05, 0.1) is 19.2 Å². The summed E-state index contributed by atoms with van der Waals surface area (Å²) in [6.45, 7) is 1.61. The lowest BCUT2D eigenvalue weighted by molar-refractivity contribution is -0.149. The molecule has 1 amide bonds. The van der Waals surface area contributed by atoms with Crippen molar-refractivity contribution in [3.63, 3.8) is 0 Å². The average molecular weight is 276 g/mol. The van der Waals surface area contributed by atoms with Crippen LogP contribution in [0.5, 0.6) is 0 Å². The van der Waals surface area contributed by atoms with Crippen LogP contribution in [0.3, 0.4) is 0 Å². The molecule has 6 nitrogen and oxygen atoms in total. The molecule has 1 unspecified atom stereocenters. The zero-order valence-electron chi connectivity index (χ0n) is 11.3. The van der Waals surface area contributed by atoms with Crippen LogP contribution in [-0.2, 0) is 9.53 Å². The van der Waals surface area contributed by atoms with Crippen LogP contribution in [-0.4, -0.2) is 41.7 Å². The standard InChI is InChI=1S/C14H16N2O4/c1-8-12(9-5-3-4-6-10(9)16-8)13(18)15-7-11(17)14(19)20-2/h3-6,11,16-17H,7H2,1-2H3,(H,15,18). The predicted octanol–water partition coefficient (Wildman–Crippen LogP) is 0.740. The number of aliphatic hydroxyl groups excluding tert-OH is 1. The molecular weight excluding hydrogens is 260 g/mol. The van der Waals surface area contributed by atoms with Crippen LogP contribution in [0.25, 0.3) is 10.9 Å². The molecule has 106 valence electrons. The van der Waals surface area contributed by atoms with Crippen molar-refractivity contribution >= 4 is 22.8 Å². The summed E-state index contributed by atoms with van der Waals surface area (Å²) in [5.41, 5.74) is 2.11. The number of ether oxygens (including phenoxy) is 1. The SMILES string of the molecule is COC(=O)C(O)CNC(=O)c1c(C)[nH]c2ccccc12. The van der Waals surface area contributed by atoms with Crippen LogP contribution in [0.1, 0.15) is 16.1 Å². The number of aromatic nitrogens is 1. The Morgan fingerprint density at radius 2 is 2.10 bits per heavy atom. The minimum absolute atomic E-state index is 0.190. The van der Waals surface area contributed by atoms with Gasteiger partial charge in [-0.2, -0.15) is 0 Å². The summed E-state index contributed by atoms with van der Waals surface area (Å²) in [5.74, 6) is -1.12. The molecule has 2 rings (SSSR count). The van der Waals surface area contributed by atoms with E-state index in [1.807, 2.05) is 24.3 Å². The number of fused-ring (bicyclic) bond motifs is 1. The molecule has 0 bridgehead atoms. The van der Waals surface area contributed by atoms with Crippen molar-refractivity contribution in [2.24, 2.45) is 0 Å². The number of aryl methyl sites for hydroxylation is 1. The number of nitrogens with one attached hydrogen (secondary N) is 2. The van der Waals surface area contributed by atoms with Crippen molar-refractivity contribution < 1.29 is 19.4 Å². The Balaban J connectivity index is 2.16. The van der Waals surface area contributed by atoms with E-state index in [1.54, 1.807) is 6.92 Å². The Hall–Kier alpha value is -2.34. The number of hydrogen-bond acceptors (Lipinski definition) is 4. The monoisotopic (exact) mass is 276 g/mol. The molecule has 1 atom stereocenters. The normalized spacial score (nSPS) is 12.2. The molecule has 1 aromatic carbocycles. The summed E-state index contributed by atoms with van der Waals surface area (Å²) in [6, 6.07) is 7.43. The second-order valence-corrected chi connectivity index (χ2v) is 4.42. The molecule has 0 aliphatic rings. The minimum atomic E-state index is -1.37. The Kier molecular flexibility index (Phi) is 4.05. The average Bonchev–Trinajstić information content (AvgIpc) is 2.79. The van der Waals surface area contributed by atoms with Crippen molar-refractivity contribution in [2.45, 2.75) is 13.0 Å². The van der Waals surface area contributed by atoms with Crippen molar-refractivity contribution in [3.8, 4) is 0 Å². The highest BCUT2D eigenvalue weighted by molar-refractivity contribution is 6.08. The first kappa shape index (κ1) is 14.1. The topological polar surface area (TPSA) is 91.4 Å². The molecule has 0 aliphatic heterocycles. The Bertz CT molecular complexity index is 648. The number of amides is 1. The van der Waals surface area contributed by atoms with Gasteiger partial charge in [0, 0.05) is 16.6 Å². The minimum Gasteiger partial charge on any atom is -0.467 e. The molecule has 0 radical (unpaired) electrons. The number of para-hydroxylation sites is 1. The number of aromatic amines is 1. The van der Waals surface area contributed by atoms with E-state index in [0.29, 0.717) is 5.56 Å². The van der Waals surface area contributed by atoms with Gasteiger partial charge in [-0.1, -0.05) is 18.2 Å². The van der Waals surface area contributed by atoms with E-state index in [-0.39, 0.29) is 12.5 Å². The second kappa shape index (κ2) is 5.75. The molecule has 0 spiro atoms. The van der Waals surface area contributed by atoms with Gasteiger partial charge in [-0.25, -0.2) is 4.79 Å². The molecule has 1 heterocycles. The number of carbonyl (C=O) groups is 2. The van der Waals surface area contributed by atoms with Crippen LogP contribution in [0.2, 0.25) is 0 Å². The van der Waals surface area contributed by atoms with E-state index in [2.05, 4.69) is 15.0 Å². The summed E-state index contributed by atoms with van der Waals surface area (Å²) >= 11 is 0. The maximum atomic E-state index is 12.2. The molecule has 0 saturated heterocycles. The number of benzene rings is 1. The highest BCUT2D eigenvalue weighted by atomic mass is 16.5. The Morgan fingerprint density at radius 1 is 1.40 bits per heavy atom. The first-order valence-corrected chi connectivity index (χ1v) is 6.16. The second-order valence-electron chi connectivity index (χ2n) is 4.42. The Morgan fingerprint density at radius 3 is 2.80 bits per heavy atom. The van der Waals surface area contributed by atoms with E-state index >= 15 is 0 Å². The van der Waals surface area contributed by atoms with Gasteiger partial charge in [-0.05, 0) is 13.0 Å². The van der Waals surface area contributed by atoms with Gasteiger partial charge in [-0.3, -0.25) is 4.79 Å². The maximum absolute atomic E-state index is 12.2. The van der Waals surface area contributed by atoms with E-state index in [0.717, 1.165) is 16.6 Å². The summed E-state index contributed by atoms with van der Waals surface area (Å²) in [4.78, 5) is 26.3. The zero-order valence-corrected chi connectivity index (χ0v) is 11.3. The molecule has 3 N–H and O–H groups in total. The largest absolute Gasteiger partial charge is 0.467 e. The predicted molar refractivity (Wildman–Crippen MR) is 73.4 cm³/mol. The third-order valence-electron chi connectivity index (χ3n) is 3.05. The summed E-state index contributed by atoms with van der Waals surface area (Å²) in [6.07, 6.45) is -1.37. The van der Waals surface area contributed by atoms with Gasteiger partial charge in [0.25, 0.3) is 5.91 Å². The molecule has 0 saturated carbocycles. The fourth-order valence-corrected chi connectivity index (χ4v) is 2.07. The third-order valence-corrected chi connectivity index (χ3v) is 3.05. The van der Waals surface area contributed by atoms with Crippen LogP contribution in [0.4, 0.5) is 0 Å². The van der Waals surface area contributed by atoms with Crippen molar-refractivity contribution in [3.05, 3.63) is 35.5 Å². The molecule has 1 aromatic heterocycles. The van der Waals surface area contributed by atoms with E-state index in [9.17, 15) is 14.7 Å². The van der Waals surface area contributed by atoms with Gasteiger partial charge in [0.15, 0.2) is 6.10 Å². The van der Waals surface area contributed by atoms with Crippen LogP contribution >= 0.6 is 0 Å². The quantitative estimate of drug-likeness (QED) is 0.718. The number of methoxy groups -OCH3 is 1. The first-order chi connectivity index (χ1) is 9.54. The fourth-order valence-electron chi connectivity index (χ4n) is 2.07. The highest BCUT2D eigenvalue weighted by Gasteiger charge is 2.19. The van der Waals surface area contributed by atoms with Crippen molar-refractivity contribution in [1.29, 1.82) is 0 Å². The van der Waals surface area contributed by atoms with E-state index < -0.39 is 12.1 Å². The third kappa shape index (κ3) is 2.65. The number of carbonyl (C=O) groups excluding carboxylic acids is 2. The van der Waals surface area contributed by atoms with E-state index in [4.69, 9.17) is 0 Å². The number of esters is 1. The number of rotatable bonds is 4. The summed E-state index contributed by atoms with van der Waals surface area (Å²) in [7, 11) is 1.18. The van der Waals surface area contributed by atoms with Gasteiger partial charge >= 0.3 is 5.97 Å². The molecule has 2 aromatic rings. The van der Waals surface area contributed by atoms with Crippen LogP contribution in [0, 0.1) is 6.92 Å². The first-order valence-electron chi connectivity index (χ1n) is 6.16. The number of aliphatic hydroxyl groups is 1. The molecule has 20 heavy (non-hydrogen) atoms. The lowest BCUT2D eigenvalue weighted by Gasteiger charge is -2.09. The van der Waals surface area contributed by atoms with Crippen LogP contribution < -0.4 is 5.32 Å². The molecule has 0 fully saturated rings. The Labute approximate surface area is 115 Å². The molecular formula is C14H16N2O4. The zero-order chi connectivity index (χ0) is 14.7. The van der Waals surface area contributed by atoms with Gasteiger partial charge < -0.3 is 20.1 Å². The van der Waals surface area contributed by atoms with Gasteiger partial charge in [0.1, 0.15) is 0 Å². The smallest absolute Gasteiger partial charge is 0.336 e. The summed E-state index contributed by atoms with van der Waals surface area (Å²) in [5, 5.41) is 12.8. The molecule has 6 heteroatoms. The van der Waals surface area contributed by atoms with Crippen LogP contribution in [0.15, 0.2) is 24.3 Å². The maximum Gasteiger partial charge on any atom is 0.336 e. The van der Waals surface area contributed by atoms with Gasteiger partial charge in [0.2, 0.25) is 0 Å².